The summed E-state index contributed by atoms with van der Waals surface area (Å²) < 4.78 is 0. The Morgan fingerprint density at radius 3 is 1.94 bits per heavy atom. The third-order valence-electron chi connectivity index (χ3n) is 7.91. The second kappa shape index (κ2) is 10.3. The Balaban J connectivity index is 1.74. The molecule has 0 aliphatic carbocycles. The summed E-state index contributed by atoms with van der Waals surface area (Å²) >= 11 is 0. The number of benzene rings is 4. The van der Waals surface area contributed by atoms with Crippen molar-refractivity contribution >= 4 is 22.1 Å². The molecule has 0 radical (unpaired) electrons. The Bertz CT molecular complexity index is 1250. The van der Waals surface area contributed by atoms with Crippen molar-refractivity contribution in [3.8, 4) is 0 Å². The monoisotopic (exact) mass is 463 g/mol. The molecule has 0 fully saturated rings. The van der Waals surface area contributed by atoms with Crippen molar-refractivity contribution in [1.82, 2.24) is 0 Å². The lowest BCUT2D eigenvalue weighted by Gasteiger charge is -2.35. The van der Waals surface area contributed by atoms with Gasteiger partial charge in [0.25, 0.3) is 0 Å². The quantitative estimate of drug-likeness (QED) is 0.260. The Kier molecular flexibility index (Phi) is 7.36. The van der Waals surface area contributed by atoms with Crippen LogP contribution in [-0.4, -0.2) is 0 Å². The molecule has 4 aromatic carbocycles. The fraction of sp³-hybridized carbons (Fsp3) is 0.353. The topological polar surface area (TPSA) is 12.0 Å². The largest absolute Gasteiger partial charge is 0.355 e. The van der Waals surface area contributed by atoms with Crippen molar-refractivity contribution in [3.63, 3.8) is 0 Å². The minimum absolute atomic E-state index is 0.139. The highest BCUT2D eigenvalue weighted by Crippen LogP contribution is 2.46. The molecule has 0 aliphatic rings. The summed E-state index contributed by atoms with van der Waals surface area (Å²) in [5.74, 6) is 0.327. The zero-order chi connectivity index (χ0) is 25.1. The lowest BCUT2D eigenvalue weighted by atomic mass is 9.69. The van der Waals surface area contributed by atoms with Gasteiger partial charge in [0.15, 0.2) is 0 Å². The molecule has 0 amide bonds. The van der Waals surface area contributed by atoms with E-state index in [4.69, 9.17) is 0 Å². The van der Waals surface area contributed by atoms with Crippen LogP contribution in [0.5, 0.6) is 0 Å². The predicted molar refractivity (Wildman–Crippen MR) is 154 cm³/mol. The molecule has 1 atom stereocenters. The number of hydrogen-bond donors (Lipinski definition) is 1. The minimum atomic E-state index is 0.139. The fourth-order valence-electron chi connectivity index (χ4n) is 5.51. The summed E-state index contributed by atoms with van der Waals surface area (Å²) in [6, 6.07) is 33.5. The molecule has 0 bridgehead atoms. The maximum atomic E-state index is 3.72. The van der Waals surface area contributed by atoms with Crippen LogP contribution in [0.2, 0.25) is 0 Å². The van der Waals surface area contributed by atoms with Crippen LogP contribution in [0.4, 0.5) is 11.4 Å². The molecule has 4 rings (SSSR count). The van der Waals surface area contributed by atoms with Crippen molar-refractivity contribution in [2.75, 3.05) is 5.32 Å². The summed E-state index contributed by atoms with van der Waals surface area (Å²) in [6.07, 6.45) is 3.51. The number of fused-ring (bicyclic) bond motifs is 1. The van der Waals surface area contributed by atoms with Crippen molar-refractivity contribution < 1.29 is 0 Å². The van der Waals surface area contributed by atoms with Gasteiger partial charge < -0.3 is 5.32 Å². The maximum absolute atomic E-state index is 3.72. The SMILES string of the molecule is CCCC(C)(C)c1ccc(Nc2ccc(C(c3ccccc3)C(C)(C)CC)c3ccccc23)cc1. The molecule has 0 saturated carbocycles. The second-order valence-electron chi connectivity index (χ2n) is 11.3. The van der Waals surface area contributed by atoms with E-state index >= 15 is 0 Å². The van der Waals surface area contributed by atoms with Gasteiger partial charge in [-0.1, -0.05) is 127 Å². The van der Waals surface area contributed by atoms with E-state index in [0.717, 1.165) is 17.8 Å². The van der Waals surface area contributed by atoms with E-state index in [-0.39, 0.29) is 10.8 Å². The molecule has 1 N–H and O–H groups in total. The number of anilines is 2. The zero-order valence-corrected chi connectivity index (χ0v) is 22.4. The Morgan fingerprint density at radius 2 is 1.31 bits per heavy atom. The molecule has 1 nitrogen and oxygen atoms in total. The van der Waals surface area contributed by atoms with Crippen LogP contribution in [0.25, 0.3) is 10.8 Å². The van der Waals surface area contributed by atoms with Crippen molar-refractivity contribution in [2.24, 2.45) is 5.41 Å². The van der Waals surface area contributed by atoms with Gasteiger partial charge in [0.2, 0.25) is 0 Å². The number of rotatable bonds is 9. The van der Waals surface area contributed by atoms with Crippen molar-refractivity contribution in [2.45, 2.75) is 72.1 Å². The van der Waals surface area contributed by atoms with Crippen LogP contribution < -0.4 is 5.32 Å². The second-order valence-corrected chi connectivity index (χ2v) is 11.3. The van der Waals surface area contributed by atoms with Gasteiger partial charge in [0.1, 0.15) is 0 Å². The Hall–Kier alpha value is -3.06. The van der Waals surface area contributed by atoms with Crippen molar-refractivity contribution in [1.29, 1.82) is 0 Å². The van der Waals surface area contributed by atoms with Gasteiger partial charge in [-0.25, -0.2) is 0 Å². The zero-order valence-electron chi connectivity index (χ0n) is 22.4. The van der Waals surface area contributed by atoms with E-state index in [1.807, 2.05) is 0 Å². The molecule has 1 heteroatoms. The maximum Gasteiger partial charge on any atom is 0.0464 e. The first-order valence-electron chi connectivity index (χ1n) is 13.2. The van der Waals surface area contributed by atoms with Gasteiger partial charge in [-0.2, -0.15) is 0 Å². The standard InChI is InChI=1S/C34H41N/c1-7-24-34(5,6)26-18-20-27(21-19-26)35-31-23-22-30(28-16-12-13-17-29(28)31)32(33(3,4)8-2)25-14-10-9-11-15-25/h9-23,32,35H,7-8,24H2,1-6H3. The lowest BCUT2D eigenvalue weighted by Crippen LogP contribution is -2.23. The third kappa shape index (κ3) is 5.30. The van der Waals surface area contributed by atoms with Crippen LogP contribution in [0, 0.1) is 5.41 Å². The van der Waals surface area contributed by atoms with Crippen LogP contribution >= 0.6 is 0 Å². The average Bonchev–Trinajstić information content (AvgIpc) is 2.86. The van der Waals surface area contributed by atoms with E-state index < -0.39 is 0 Å². The van der Waals surface area contributed by atoms with Crippen LogP contribution in [0.15, 0.2) is 91.0 Å². The van der Waals surface area contributed by atoms with E-state index in [2.05, 4.69) is 138 Å². The molecule has 4 aromatic rings. The molecule has 35 heavy (non-hydrogen) atoms. The summed E-state index contributed by atoms with van der Waals surface area (Å²) in [5, 5.41) is 6.32. The minimum Gasteiger partial charge on any atom is -0.355 e. The van der Waals surface area contributed by atoms with Crippen LogP contribution in [0.3, 0.4) is 0 Å². The van der Waals surface area contributed by atoms with Gasteiger partial charge in [-0.3, -0.25) is 0 Å². The first kappa shape index (κ1) is 25.0. The normalized spacial score (nSPS) is 13.1. The molecule has 0 heterocycles. The molecule has 0 aromatic heterocycles. The van der Waals surface area contributed by atoms with E-state index in [9.17, 15) is 0 Å². The highest BCUT2D eigenvalue weighted by molar-refractivity contribution is 5.98. The smallest absolute Gasteiger partial charge is 0.0464 e. The molecular formula is C34H41N. The fourth-order valence-corrected chi connectivity index (χ4v) is 5.51. The summed E-state index contributed by atoms with van der Waals surface area (Å²) in [6.45, 7) is 14.0. The third-order valence-corrected chi connectivity index (χ3v) is 7.91. The van der Waals surface area contributed by atoms with Crippen LogP contribution in [-0.2, 0) is 5.41 Å². The van der Waals surface area contributed by atoms with Gasteiger partial charge in [0, 0.05) is 22.7 Å². The average molecular weight is 464 g/mol. The summed E-state index contributed by atoms with van der Waals surface area (Å²) in [5.41, 5.74) is 6.83. The van der Waals surface area contributed by atoms with Crippen LogP contribution in [0.1, 0.15) is 83.4 Å². The summed E-state index contributed by atoms with van der Waals surface area (Å²) in [4.78, 5) is 0. The van der Waals surface area contributed by atoms with Gasteiger partial charge in [0.05, 0.1) is 0 Å². The molecule has 0 aliphatic heterocycles. The highest BCUT2D eigenvalue weighted by atomic mass is 14.9. The Morgan fingerprint density at radius 1 is 0.686 bits per heavy atom. The lowest BCUT2D eigenvalue weighted by molar-refractivity contribution is 0.306. The number of nitrogens with one attached hydrogen (secondary N) is 1. The first-order chi connectivity index (χ1) is 16.8. The molecule has 1 unspecified atom stereocenters. The van der Waals surface area contributed by atoms with E-state index in [1.54, 1.807) is 0 Å². The van der Waals surface area contributed by atoms with E-state index in [1.165, 1.54) is 40.3 Å². The molecule has 0 saturated heterocycles. The van der Waals surface area contributed by atoms with Gasteiger partial charge in [-0.15, -0.1) is 0 Å². The predicted octanol–water partition coefficient (Wildman–Crippen LogP) is 10.2. The molecule has 0 spiro atoms. The Labute approximate surface area is 212 Å². The molecule has 182 valence electrons. The van der Waals surface area contributed by atoms with Gasteiger partial charge in [-0.05, 0) is 57.5 Å². The molecular weight excluding hydrogens is 422 g/mol. The van der Waals surface area contributed by atoms with Crippen molar-refractivity contribution in [3.05, 3.63) is 108 Å². The first-order valence-corrected chi connectivity index (χ1v) is 13.2. The van der Waals surface area contributed by atoms with Gasteiger partial charge >= 0.3 is 0 Å². The highest BCUT2D eigenvalue weighted by Gasteiger charge is 2.32. The number of hydrogen-bond acceptors (Lipinski definition) is 1. The summed E-state index contributed by atoms with van der Waals surface area (Å²) in [7, 11) is 0. The van der Waals surface area contributed by atoms with E-state index in [0.29, 0.717) is 5.92 Å².